The van der Waals surface area contributed by atoms with Gasteiger partial charge < -0.3 is 10.6 Å². The van der Waals surface area contributed by atoms with Crippen LogP contribution in [-0.4, -0.2) is 15.2 Å². The Morgan fingerprint density at radius 2 is 1.65 bits per heavy atom. The third-order valence-corrected chi connectivity index (χ3v) is 3.27. The van der Waals surface area contributed by atoms with Crippen LogP contribution in [-0.2, 0) is 13.1 Å². The summed E-state index contributed by atoms with van der Waals surface area (Å²) in [6.07, 6.45) is 1.51. The van der Waals surface area contributed by atoms with E-state index >= 15 is 0 Å². The van der Waals surface area contributed by atoms with E-state index in [4.69, 9.17) is 0 Å². The predicted octanol–water partition coefficient (Wildman–Crippen LogP) is 3.23. The molecule has 116 valence electrons. The zero-order valence-corrected chi connectivity index (χ0v) is 12.4. The predicted molar refractivity (Wildman–Crippen MR) is 87.3 cm³/mol. The van der Waals surface area contributed by atoms with Gasteiger partial charge in [-0.1, -0.05) is 48.5 Å². The lowest BCUT2D eigenvalue weighted by Crippen LogP contribution is -2.08. The number of anilines is 2. The van der Waals surface area contributed by atoms with Crippen LogP contribution in [0, 0.1) is 5.82 Å². The van der Waals surface area contributed by atoms with E-state index in [0.717, 1.165) is 5.56 Å². The largest absolute Gasteiger partial charge is 0.364 e. The zero-order valence-electron chi connectivity index (χ0n) is 12.4. The molecule has 0 radical (unpaired) electrons. The molecule has 0 saturated heterocycles. The fraction of sp³-hybridized carbons (Fsp3) is 0.118. The van der Waals surface area contributed by atoms with Gasteiger partial charge in [0, 0.05) is 18.7 Å². The van der Waals surface area contributed by atoms with E-state index in [-0.39, 0.29) is 5.82 Å². The monoisotopic (exact) mass is 309 g/mol. The van der Waals surface area contributed by atoms with Crippen LogP contribution in [0.15, 0.2) is 60.8 Å². The van der Waals surface area contributed by atoms with Crippen molar-refractivity contribution in [2.75, 3.05) is 10.6 Å². The quantitative estimate of drug-likeness (QED) is 0.732. The second kappa shape index (κ2) is 7.31. The Kier molecular flexibility index (Phi) is 4.73. The molecule has 6 heteroatoms. The minimum Gasteiger partial charge on any atom is -0.364 e. The van der Waals surface area contributed by atoms with E-state index in [1.807, 2.05) is 30.3 Å². The number of halogens is 1. The number of hydrogen-bond acceptors (Lipinski definition) is 5. The molecule has 2 N–H and O–H groups in total. The second-order valence-corrected chi connectivity index (χ2v) is 4.95. The summed E-state index contributed by atoms with van der Waals surface area (Å²) >= 11 is 0. The first-order chi connectivity index (χ1) is 11.3. The minimum absolute atomic E-state index is 0.246. The first-order valence-corrected chi connectivity index (χ1v) is 7.26. The fourth-order valence-electron chi connectivity index (χ4n) is 2.07. The molecule has 3 aromatic rings. The van der Waals surface area contributed by atoms with Crippen LogP contribution in [0.1, 0.15) is 11.1 Å². The van der Waals surface area contributed by atoms with Crippen molar-refractivity contribution in [3.05, 3.63) is 77.7 Å². The normalized spacial score (nSPS) is 10.3. The summed E-state index contributed by atoms with van der Waals surface area (Å²) in [5, 5.41) is 14.0. The molecular formula is C17H16FN5. The van der Waals surface area contributed by atoms with Crippen LogP contribution < -0.4 is 10.6 Å². The molecule has 2 aromatic carbocycles. The summed E-state index contributed by atoms with van der Waals surface area (Å²) < 4.78 is 13.6. The zero-order chi connectivity index (χ0) is 15.9. The molecule has 0 aliphatic carbocycles. The maximum absolute atomic E-state index is 13.6. The molecule has 0 amide bonds. The lowest BCUT2D eigenvalue weighted by Gasteiger charge is -2.08. The number of nitrogens with one attached hydrogen (secondary N) is 2. The Labute approximate surface area is 133 Å². The fourth-order valence-corrected chi connectivity index (χ4v) is 2.07. The molecule has 1 aromatic heterocycles. The smallest absolute Gasteiger partial charge is 0.244 e. The van der Waals surface area contributed by atoms with Crippen molar-refractivity contribution in [1.82, 2.24) is 15.2 Å². The van der Waals surface area contributed by atoms with E-state index < -0.39 is 0 Å². The van der Waals surface area contributed by atoms with Gasteiger partial charge in [-0.3, -0.25) is 0 Å². The number of aromatic nitrogens is 3. The molecule has 23 heavy (non-hydrogen) atoms. The van der Waals surface area contributed by atoms with Gasteiger partial charge in [-0.2, -0.15) is 10.1 Å². The van der Waals surface area contributed by atoms with E-state index in [2.05, 4.69) is 25.8 Å². The Bertz CT molecular complexity index is 764. The van der Waals surface area contributed by atoms with E-state index in [1.165, 1.54) is 12.3 Å². The maximum Gasteiger partial charge on any atom is 0.244 e. The molecule has 0 atom stereocenters. The summed E-state index contributed by atoms with van der Waals surface area (Å²) in [5.41, 5.74) is 1.70. The lowest BCUT2D eigenvalue weighted by atomic mass is 10.2. The first-order valence-electron chi connectivity index (χ1n) is 7.26. The molecule has 0 fully saturated rings. The number of benzene rings is 2. The average molecular weight is 309 g/mol. The molecule has 0 aliphatic rings. The van der Waals surface area contributed by atoms with Gasteiger partial charge in [0.25, 0.3) is 0 Å². The first kappa shape index (κ1) is 14.9. The van der Waals surface area contributed by atoms with Crippen LogP contribution >= 0.6 is 0 Å². The summed E-state index contributed by atoms with van der Waals surface area (Å²) in [5.74, 6) is 0.718. The lowest BCUT2D eigenvalue weighted by molar-refractivity contribution is 0.613. The van der Waals surface area contributed by atoms with E-state index in [0.29, 0.717) is 30.4 Å². The van der Waals surface area contributed by atoms with Crippen molar-refractivity contribution in [1.29, 1.82) is 0 Å². The Balaban J connectivity index is 1.60. The van der Waals surface area contributed by atoms with Crippen molar-refractivity contribution < 1.29 is 4.39 Å². The highest BCUT2D eigenvalue weighted by molar-refractivity contribution is 5.38. The summed E-state index contributed by atoms with van der Waals surface area (Å²) in [7, 11) is 0. The Morgan fingerprint density at radius 1 is 0.870 bits per heavy atom. The van der Waals surface area contributed by atoms with Gasteiger partial charge in [-0.15, -0.1) is 5.10 Å². The van der Waals surface area contributed by atoms with Crippen molar-refractivity contribution in [2.24, 2.45) is 0 Å². The molecule has 0 bridgehead atoms. The standard InChI is InChI=1S/C17H16FN5/c18-15-9-5-4-8-14(15)11-19-16-12-21-23-17(22-16)20-10-13-6-2-1-3-7-13/h1-9,12H,10-11H2,(H2,19,20,22,23). The van der Waals surface area contributed by atoms with E-state index in [9.17, 15) is 4.39 Å². The van der Waals surface area contributed by atoms with Gasteiger partial charge in [-0.25, -0.2) is 4.39 Å². The van der Waals surface area contributed by atoms with Gasteiger partial charge in [0.2, 0.25) is 5.95 Å². The number of hydrogen-bond donors (Lipinski definition) is 2. The van der Waals surface area contributed by atoms with Crippen molar-refractivity contribution in [3.63, 3.8) is 0 Å². The van der Waals surface area contributed by atoms with Crippen LogP contribution in [0.5, 0.6) is 0 Å². The molecule has 5 nitrogen and oxygen atoms in total. The molecule has 0 aliphatic heterocycles. The molecular weight excluding hydrogens is 293 g/mol. The molecule has 0 saturated carbocycles. The van der Waals surface area contributed by atoms with Crippen LogP contribution in [0.4, 0.5) is 16.2 Å². The molecule has 0 unspecified atom stereocenters. The highest BCUT2D eigenvalue weighted by Crippen LogP contribution is 2.10. The summed E-state index contributed by atoms with van der Waals surface area (Å²) in [4.78, 5) is 4.31. The van der Waals surface area contributed by atoms with Crippen molar-refractivity contribution >= 4 is 11.8 Å². The molecule has 1 heterocycles. The van der Waals surface area contributed by atoms with Gasteiger partial charge in [0.1, 0.15) is 5.82 Å². The third kappa shape index (κ3) is 4.23. The summed E-state index contributed by atoms with van der Waals surface area (Å²) in [6.45, 7) is 0.947. The van der Waals surface area contributed by atoms with Gasteiger partial charge in [0.15, 0.2) is 5.82 Å². The highest BCUT2D eigenvalue weighted by Gasteiger charge is 2.03. The minimum atomic E-state index is -0.246. The summed E-state index contributed by atoms with van der Waals surface area (Å²) in [6, 6.07) is 16.6. The SMILES string of the molecule is Fc1ccccc1CNc1cnnc(NCc2ccccc2)n1. The van der Waals surface area contributed by atoms with Gasteiger partial charge >= 0.3 is 0 Å². The topological polar surface area (TPSA) is 62.7 Å². The molecule has 0 spiro atoms. The van der Waals surface area contributed by atoms with Crippen LogP contribution in [0.3, 0.4) is 0 Å². The maximum atomic E-state index is 13.6. The Morgan fingerprint density at radius 3 is 2.48 bits per heavy atom. The highest BCUT2D eigenvalue weighted by atomic mass is 19.1. The number of nitrogens with zero attached hydrogens (tertiary/aromatic N) is 3. The van der Waals surface area contributed by atoms with Gasteiger partial charge in [0.05, 0.1) is 6.20 Å². The Hall–Kier alpha value is -3.02. The van der Waals surface area contributed by atoms with Crippen molar-refractivity contribution in [2.45, 2.75) is 13.1 Å². The average Bonchev–Trinajstić information content (AvgIpc) is 2.61. The molecule has 3 rings (SSSR count). The second-order valence-electron chi connectivity index (χ2n) is 4.95. The van der Waals surface area contributed by atoms with Crippen LogP contribution in [0.2, 0.25) is 0 Å². The van der Waals surface area contributed by atoms with Gasteiger partial charge in [-0.05, 0) is 11.6 Å². The number of rotatable bonds is 6. The van der Waals surface area contributed by atoms with Crippen LogP contribution in [0.25, 0.3) is 0 Å². The third-order valence-electron chi connectivity index (χ3n) is 3.27. The van der Waals surface area contributed by atoms with E-state index in [1.54, 1.807) is 18.2 Å². The van der Waals surface area contributed by atoms with Crippen molar-refractivity contribution in [3.8, 4) is 0 Å².